The van der Waals surface area contributed by atoms with Gasteiger partial charge in [-0.2, -0.15) is 0 Å². The molecule has 1 aliphatic heterocycles. The monoisotopic (exact) mass is 218 g/mol. The van der Waals surface area contributed by atoms with Crippen molar-refractivity contribution in [3.8, 4) is 0 Å². The second kappa shape index (κ2) is 5.46. The number of rotatable bonds is 3. The molecular weight excluding hydrogens is 196 g/mol. The van der Waals surface area contributed by atoms with E-state index < -0.39 is 0 Å². The van der Waals surface area contributed by atoms with Crippen LogP contribution < -0.4 is 5.73 Å². The van der Waals surface area contributed by atoms with E-state index in [0.717, 1.165) is 19.5 Å². The van der Waals surface area contributed by atoms with Crippen LogP contribution in [-0.2, 0) is 13.0 Å². The molecule has 0 amide bonds. The van der Waals surface area contributed by atoms with Gasteiger partial charge in [-0.3, -0.25) is 4.90 Å². The molecule has 0 saturated carbocycles. The zero-order valence-corrected chi connectivity index (χ0v) is 10.2. The predicted molar refractivity (Wildman–Crippen MR) is 68.3 cm³/mol. The molecule has 2 rings (SSSR count). The van der Waals surface area contributed by atoms with Crippen LogP contribution in [0.25, 0.3) is 0 Å². The minimum Gasteiger partial charge on any atom is -0.327 e. The molecule has 0 radical (unpaired) electrons. The maximum absolute atomic E-state index is 6.03. The number of nitrogens with zero attached hydrogens (tertiary/aromatic N) is 1. The molecule has 0 aromatic heterocycles. The van der Waals surface area contributed by atoms with E-state index in [1.807, 2.05) is 0 Å². The third-order valence-corrected chi connectivity index (χ3v) is 3.45. The van der Waals surface area contributed by atoms with Crippen LogP contribution in [0.15, 0.2) is 24.3 Å². The summed E-state index contributed by atoms with van der Waals surface area (Å²) in [6.45, 7) is 5.45. The Bertz CT molecular complexity index is 335. The Morgan fingerprint density at radius 2 is 2.06 bits per heavy atom. The molecule has 2 heteroatoms. The normalized spacial score (nSPS) is 18.9. The molecule has 1 atom stereocenters. The first-order chi connectivity index (χ1) is 7.79. The zero-order chi connectivity index (χ0) is 11.4. The van der Waals surface area contributed by atoms with Gasteiger partial charge in [0.05, 0.1) is 0 Å². The predicted octanol–water partition coefficient (Wildman–Crippen LogP) is 2.17. The highest BCUT2D eigenvalue weighted by Crippen LogP contribution is 2.18. The Labute approximate surface area is 98.4 Å². The van der Waals surface area contributed by atoms with E-state index in [-0.39, 0.29) is 0 Å². The molecule has 88 valence electrons. The van der Waals surface area contributed by atoms with Crippen LogP contribution in [0.1, 0.15) is 30.9 Å². The lowest BCUT2D eigenvalue weighted by atomic mass is 10.0. The second-order valence-electron chi connectivity index (χ2n) is 4.78. The molecule has 0 aliphatic carbocycles. The van der Waals surface area contributed by atoms with Crippen LogP contribution in [0.4, 0.5) is 0 Å². The molecule has 2 nitrogen and oxygen atoms in total. The van der Waals surface area contributed by atoms with Gasteiger partial charge in [0.25, 0.3) is 0 Å². The molecule has 0 fully saturated rings. The molecule has 1 heterocycles. The highest BCUT2D eigenvalue weighted by Gasteiger charge is 2.15. The fraction of sp³-hybridized carbons (Fsp3) is 0.571. The summed E-state index contributed by atoms with van der Waals surface area (Å²) in [7, 11) is 0. The van der Waals surface area contributed by atoms with Gasteiger partial charge in [-0.05, 0) is 36.9 Å². The van der Waals surface area contributed by atoms with E-state index in [1.165, 1.54) is 30.5 Å². The molecule has 1 aromatic rings. The average Bonchev–Trinajstić information content (AvgIpc) is 2.50. The van der Waals surface area contributed by atoms with Gasteiger partial charge in [0, 0.05) is 19.1 Å². The lowest BCUT2D eigenvalue weighted by molar-refractivity contribution is 0.250. The van der Waals surface area contributed by atoms with Crippen LogP contribution in [0.3, 0.4) is 0 Å². The second-order valence-corrected chi connectivity index (χ2v) is 4.78. The van der Waals surface area contributed by atoms with Crippen LogP contribution in [-0.4, -0.2) is 24.0 Å². The minimum atomic E-state index is 0.324. The molecule has 2 N–H and O–H groups in total. The highest BCUT2D eigenvalue weighted by molar-refractivity contribution is 5.28. The van der Waals surface area contributed by atoms with Gasteiger partial charge in [0.15, 0.2) is 0 Å². The standard InChI is InChI=1S/C14H22N2/c1-2-14(15)11-16-9-5-8-12-6-3-4-7-13(12)10-16/h3-4,6-7,14H,2,5,8-11,15H2,1H3. The first-order valence-corrected chi connectivity index (χ1v) is 6.34. The van der Waals surface area contributed by atoms with E-state index in [2.05, 4.69) is 36.1 Å². The number of aryl methyl sites for hydroxylation is 1. The van der Waals surface area contributed by atoms with Crippen molar-refractivity contribution in [3.05, 3.63) is 35.4 Å². The maximum atomic E-state index is 6.03. The van der Waals surface area contributed by atoms with Crippen molar-refractivity contribution >= 4 is 0 Å². The number of fused-ring (bicyclic) bond motifs is 1. The average molecular weight is 218 g/mol. The van der Waals surface area contributed by atoms with Crippen molar-refractivity contribution in [2.75, 3.05) is 13.1 Å². The SMILES string of the molecule is CCC(N)CN1CCCc2ccccc2C1. The summed E-state index contributed by atoms with van der Waals surface area (Å²) in [6, 6.07) is 9.13. The third-order valence-electron chi connectivity index (χ3n) is 3.45. The molecule has 16 heavy (non-hydrogen) atoms. The van der Waals surface area contributed by atoms with Crippen molar-refractivity contribution in [3.63, 3.8) is 0 Å². The smallest absolute Gasteiger partial charge is 0.0237 e. The molecule has 0 spiro atoms. The van der Waals surface area contributed by atoms with E-state index >= 15 is 0 Å². The number of hydrogen-bond donors (Lipinski definition) is 1. The Morgan fingerprint density at radius 1 is 1.31 bits per heavy atom. The van der Waals surface area contributed by atoms with Gasteiger partial charge in [-0.15, -0.1) is 0 Å². The Hall–Kier alpha value is -0.860. The van der Waals surface area contributed by atoms with Crippen molar-refractivity contribution in [1.29, 1.82) is 0 Å². The molecule has 0 saturated heterocycles. The van der Waals surface area contributed by atoms with Gasteiger partial charge < -0.3 is 5.73 Å². The number of nitrogens with two attached hydrogens (primary N) is 1. The summed E-state index contributed by atoms with van der Waals surface area (Å²) < 4.78 is 0. The molecule has 0 bridgehead atoms. The van der Waals surface area contributed by atoms with E-state index in [9.17, 15) is 0 Å². The van der Waals surface area contributed by atoms with Gasteiger partial charge >= 0.3 is 0 Å². The quantitative estimate of drug-likeness (QED) is 0.842. The lowest BCUT2D eigenvalue weighted by Gasteiger charge is -2.23. The Morgan fingerprint density at radius 3 is 2.81 bits per heavy atom. The van der Waals surface area contributed by atoms with E-state index in [4.69, 9.17) is 5.73 Å². The Kier molecular flexibility index (Phi) is 3.97. The fourth-order valence-electron chi connectivity index (χ4n) is 2.39. The fourth-order valence-corrected chi connectivity index (χ4v) is 2.39. The summed E-state index contributed by atoms with van der Waals surface area (Å²) in [5, 5.41) is 0. The molecule has 1 aliphatic rings. The maximum Gasteiger partial charge on any atom is 0.0237 e. The van der Waals surface area contributed by atoms with Gasteiger partial charge in [-0.25, -0.2) is 0 Å². The van der Waals surface area contributed by atoms with E-state index in [0.29, 0.717) is 6.04 Å². The van der Waals surface area contributed by atoms with Gasteiger partial charge in [-0.1, -0.05) is 31.2 Å². The summed E-state index contributed by atoms with van der Waals surface area (Å²) in [6.07, 6.45) is 3.54. The van der Waals surface area contributed by atoms with Crippen molar-refractivity contribution < 1.29 is 0 Å². The molecular formula is C14H22N2. The highest BCUT2D eigenvalue weighted by atomic mass is 15.1. The summed E-state index contributed by atoms with van der Waals surface area (Å²) in [5.41, 5.74) is 9.05. The van der Waals surface area contributed by atoms with Crippen LogP contribution >= 0.6 is 0 Å². The van der Waals surface area contributed by atoms with Crippen LogP contribution in [0.2, 0.25) is 0 Å². The third kappa shape index (κ3) is 2.83. The lowest BCUT2D eigenvalue weighted by Crippen LogP contribution is -2.36. The molecule has 1 aromatic carbocycles. The summed E-state index contributed by atoms with van der Waals surface area (Å²) in [4.78, 5) is 2.50. The van der Waals surface area contributed by atoms with Crippen LogP contribution in [0, 0.1) is 0 Å². The van der Waals surface area contributed by atoms with Gasteiger partial charge in [0.1, 0.15) is 0 Å². The first-order valence-electron chi connectivity index (χ1n) is 6.34. The number of hydrogen-bond acceptors (Lipinski definition) is 2. The van der Waals surface area contributed by atoms with Crippen LogP contribution in [0.5, 0.6) is 0 Å². The van der Waals surface area contributed by atoms with E-state index in [1.54, 1.807) is 0 Å². The largest absolute Gasteiger partial charge is 0.327 e. The zero-order valence-electron chi connectivity index (χ0n) is 10.2. The minimum absolute atomic E-state index is 0.324. The topological polar surface area (TPSA) is 29.3 Å². The van der Waals surface area contributed by atoms with Crippen molar-refractivity contribution in [2.24, 2.45) is 5.73 Å². The number of benzene rings is 1. The summed E-state index contributed by atoms with van der Waals surface area (Å²) >= 11 is 0. The summed E-state index contributed by atoms with van der Waals surface area (Å²) in [5.74, 6) is 0. The van der Waals surface area contributed by atoms with Gasteiger partial charge in [0.2, 0.25) is 0 Å². The Balaban J connectivity index is 2.05. The van der Waals surface area contributed by atoms with Crippen molar-refractivity contribution in [1.82, 2.24) is 4.90 Å². The first kappa shape index (κ1) is 11.6. The van der Waals surface area contributed by atoms with Crippen molar-refractivity contribution in [2.45, 2.75) is 38.8 Å². The molecule has 1 unspecified atom stereocenters.